The number of benzene rings is 2. The number of hydrogen-bond acceptors (Lipinski definition) is 3. The normalized spacial score (nSPS) is 13.5. The third-order valence-corrected chi connectivity index (χ3v) is 4.35. The minimum atomic E-state index is -0.128. The molecule has 6 heteroatoms. The van der Waals surface area contributed by atoms with Crippen LogP contribution in [-0.4, -0.2) is 22.7 Å². The highest BCUT2D eigenvalue weighted by molar-refractivity contribution is 6.31. The van der Waals surface area contributed by atoms with Crippen molar-refractivity contribution in [3.05, 3.63) is 65.3 Å². The van der Waals surface area contributed by atoms with Gasteiger partial charge in [-0.25, -0.2) is 0 Å². The first-order valence-corrected chi connectivity index (χ1v) is 7.90. The van der Waals surface area contributed by atoms with E-state index in [9.17, 15) is 4.79 Å². The van der Waals surface area contributed by atoms with E-state index in [1.54, 1.807) is 15.8 Å². The Kier molecular flexibility index (Phi) is 3.32. The van der Waals surface area contributed by atoms with Gasteiger partial charge >= 0.3 is 0 Å². The minimum absolute atomic E-state index is 0.128. The zero-order valence-corrected chi connectivity index (χ0v) is 14.0. The molecule has 1 aliphatic heterocycles. The number of amides is 1. The molecule has 2 heterocycles. The summed E-state index contributed by atoms with van der Waals surface area (Å²) in [5, 5.41) is 5.03. The smallest absolute Gasteiger partial charge is 0.268 e. The third kappa shape index (κ3) is 2.17. The molecule has 0 N–H and O–H groups in total. The van der Waals surface area contributed by atoms with E-state index in [0.717, 1.165) is 17.1 Å². The van der Waals surface area contributed by atoms with Gasteiger partial charge in [0.2, 0.25) is 0 Å². The number of halogens is 1. The van der Waals surface area contributed by atoms with Gasteiger partial charge in [0.15, 0.2) is 5.82 Å². The van der Waals surface area contributed by atoms with Crippen LogP contribution in [0.3, 0.4) is 0 Å². The number of carbonyl (C=O) groups excluding carboxylic acids is 1. The monoisotopic (exact) mass is 338 g/mol. The molecule has 1 aliphatic rings. The molecule has 1 aromatic heterocycles. The fourth-order valence-electron chi connectivity index (χ4n) is 3.01. The van der Waals surface area contributed by atoms with Gasteiger partial charge in [-0.05, 0) is 30.3 Å². The lowest BCUT2D eigenvalue weighted by atomic mass is 10.2. The average molecular weight is 339 g/mol. The van der Waals surface area contributed by atoms with E-state index >= 15 is 0 Å². The Hall–Kier alpha value is -2.79. The molecule has 0 saturated carbocycles. The maximum absolute atomic E-state index is 13.3. The van der Waals surface area contributed by atoms with Crippen LogP contribution >= 0.6 is 11.6 Å². The van der Waals surface area contributed by atoms with Gasteiger partial charge in [0.25, 0.3) is 5.91 Å². The lowest BCUT2D eigenvalue weighted by Gasteiger charge is -2.25. The van der Waals surface area contributed by atoms with Crippen molar-refractivity contribution in [2.24, 2.45) is 7.05 Å². The molecular weight excluding hydrogens is 324 g/mol. The lowest BCUT2D eigenvalue weighted by molar-refractivity contribution is 0.100. The number of anilines is 4. The number of para-hydroxylation sites is 1. The van der Waals surface area contributed by atoms with Crippen molar-refractivity contribution in [3.63, 3.8) is 0 Å². The Bertz CT molecular complexity index is 935. The van der Waals surface area contributed by atoms with Gasteiger partial charge in [0.05, 0.1) is 11.4 Å². The lowest BCUT2D eigenvalue weighted by Crippen LogP contribution is -2.25. The van der Waals surface area contributed by atoms with E-state index in [2.05, 4.69) is 5.10 Å². The summed E-state index contributed by atoms with van der Waals surface area (Å²) in [5.41, 5.74) is 2.95. The molecule has 5 nitrogen and oxygen atoms in total. The number of fused-ring (bicyclic) bond motifs is 2. The van der Waals surface area contributed by atoms with Crippen LogP contribution in [-0.2, 0) is 7.05 Å². The van der Waals surface area contributed by atoms with Crippen molar-refractivity contribution in [1.29, 1.82) is 0 Å². The zero-order valence-electron chi connectivity index (χ0n) is 13.3. The summed E-state index contributed by atoms with van der Waals surface area (Å²) in [6.45, 7) is 0. The fourth-order valence-corrected chi connectivity index (χ4v) is 3.18. The van der Waals surface area contributed by atoms with E-state index in [4.69, 9.17) is 11.6 Å². The standard InChI is InChI=1S/C18H15ClN4O/c1-21-11-14-17(20-21)22(2)15-9-8-12(19)10-16(15)23(18(14)24)13-6-4-3-5-7-13/h3-11H,1-2H3. The van der Waals surface area contributed by atoms with Gasteiger partial charge < -0.3 is 4.90 Å². The van der Waals surface area contributed by atoms with Crippen molar-refractivity contribution in [1.82, 2.24) is 9.78 Å². The summed E-state index contributed by atoms with van der Waals surface area (Å²) in [7, 11) is 3.71. The molecule has 0 fully saturated rings. The third-order valence-electron chi connectivity index (χ3n) is 4.11. The predicted octanol–water partition coefficient (Wildman–Crippen LogP) is 4.13. The van der Waals surface area contributed by atoms with Crippen LogP contribution < -0.4 is 9.80 Å². The molecule has 0 aliphatic carbocycles. The first kappa shape index (κ1) is 14.8. The second-order valence-corrected chi connectivity index (χ2v) is 6.14. The van der Waals surface area contributed by atoms with Crippen LogP contribution in [0.4, 0.5) is 22.9 Å². The molecule has 4 rings (SSSR count). The summed E-state index contributed by atoms with van der Waals surface area (Å²) in [6.07, 6.45) is 1.75. The van der Waals surface area contributed by atoms with E-state index in [0.29, 0.717) is 16.4 Å². The van der Waals surface area contributed by atoms with E-state index in [1.807, 2.05) is 67.5 Å². The second-order valence-electron chi connectivity index (χ2n) is 5.71. The Morgan fingerprint density at radius 2 is 1.75 bits per heavy atom. The van der Waals surface area contributed by atoms with E-state index < -0.39 is 0 Å². The van der Waals surface area contributed by atoms with Gasteiger partial charge in [-0.1, -0.05) is 29.8 Å². The molecule has 1 amide bonds. The zero-order chi connectivity index (χ0) is 16.8. The average Bonchev–Trinajstić information content (AvgIpc) is 2.94. The van der Waals surface area contributed by atoms with Crippen molar-refractivity contribution in [2.45, 2.75) is 0 Å². The number of rotatable bonds is 1. The predicted molar refractivity (Wildman–Crippen MR) is 95.6 cm³/mol. The molecule has 3 aromatic rings. The molecule has 0 saturated heterocycles. The number of hydrogen-bond donors (Lipinski definition) is 0. The second kappa shape index (κ2) is 5.39. The van der Waals surface area contributed by atoms with E-state index in [1.165, 1.54) is 0 Å². The van der Waals surface area contributed by atoms with Crippen LogP contribution in [0, 0.1) is 0 Å². The molecule has 0 bridgehead atoms. The van der Waals surface area contributed by atoms with Crippen LogP contribution in [0.25, 0.3) is 0 Å². The van der Waals surface area contributed by atoms with Crippen molar-refractivity contribution in [2.75, 3.05) is 16.8 Å². The maximum Gasteiger partial charge on any atom is 0.268 e. The van der Waals surface area contributed by atoms with Gasteiger partial charge in [-0.15, -0.1) is 0 Å². The molecular formula is C18H15ClN4O. The summed E-state index contributed by atoms with van der Waals surface area (Å²) in [6, 6.07) is 15.1. The molecule has 0 spiro atoms. The molecule has 0 atom stereocenters. The SMILES string of the molecule is CN1c2ccc(Cl)cc2N(c2ccccc2)C(=O)c2cn(C)nc21. The molecule has 0 radical (unpaired) electrons. The molecule has 2 aromatic carbocycles. The largest absolute Gasteiger partial charge is 0.326 e. The molecule has 0 unspecified atom stereocenters. The van der Waals surface area contributed by atoms with Crippen molar-refractivity contribution in [3.8, 4) is 0 Å². The van der Waals surface area contributed by atoms with Crippen LogP contribution in [0.5, 0.6) is 0 Å². The van der Waals surface area contributed by atoms with Gasteiger partial charge in [0, 0.05) is 31.0 Å². The number of carbonyl (C=O) groups is 1. The topological polar surface area (TPSA) is 41.4 Å². The van der Waals surface area contributed by atoms with Crippen LogP contribution in [0.2, 0.25) is 5.02 Å². The highest BCUT2D eigenvalue weighted by atomic mass is 35.5. The first-order chi connectivity index (χ1) is 11.6. The summed E-state index contributed by atoms with van der Waals surface area (Å²) < 4.78 is 1.66. The molecule has 120 valence electrons. The first-order valence-electron chi connectivity index (χ1n) is 7.52. The summed E-state index contributed by atoms with van der Waals surface area (Å²) >= 11 is 6.21. The summed E-state index contributed by atoms with van der Waals surface area (Å²) in [5.74, 6) is 0.502. The quantitative estimate of drug-likeness (QED) is 0.669. The number of nitrogens with zero attached hydrogens (tertiary/aromatic N) is 4. The maximum atomic E-state index is 13.3. The Balaban J connectivity index is 2.03. The highest BCUT2D eigenvalue weighted by Gasteiger charge is 2.32. The van der Waals surface area contributed by atoms with Crippen molar-refractivity contribution >= 4 is 40.4 Å². The minimum Gasteiger partial charge on any atom is -0.326 e. The molecule has 24 heavy (non-hydrogen) atoms. The van der Waals surface area contributed by atoms with Gasteiger partial charge in [0.1, 0.15) is 5.56 Å². The van der Waals surface area contributed by atoms with Crippen molar-refractivity contribution < 1.29 is 4.79 Å². The van der Waals surface area contributed by atoms with Gasteiger partial charge in [-0.2, -0.15) is 5.10 Å². The fraction of sp³-hybridized carbons (Fsp3) is 0.111. The summed E-state index contributed by atoms with van der Waals surface area (Å²) in [4.78, 5) is 16.9. The Labute approximate surface area is 144 Å². The van der Waals surface area contributed by atoms with Gasteiger partial charge in [-0.3, -0.25) is 14.4 Å². The Morgan fingerprint density at radius 3 is 2.50 bits per heavy atom. The van der Waals surface area contributed by atoms with Crippen LogP contribution in [0.1, 0.15) is 10.4 Å². The van der Waals surface area contributed by atoms with Crippen LogP contribution in [0.15, 0.2) is 54.7 Å². The number of aromatic nitrogens is 2. The number of aryl methyl sites for hydroxylation is 1. The van der Waals surface area contributed by atoms with E-state index in [-0.39, 0.29) is 5.91 Å². The highest BCUT2D eigenvalue weighted by Crippen LogP contribution is 2.43. The Morgan fingerprint density at radius 1 is 1.00 bits per heavy atom.